The largest absolute Gasteiger partial charge is 0.465 e. The van der Waals surface area contributed by atoms with E-state index in [0.29, 0.717) is 5.56 Å². The normalized spacial score (nSPS) is 16.8. The number of methoxy groups -OCH3 is 1. The van der Waals surface area contributed by atoms with Gasteiger partial charge >= 0.3 is 5.97 Å². The van der Waals surface area contributed by atoms with Crippen molar-refractivity contribution in [2.45, 2.75) is 18.9 Å². The molecule has 3 nitrogen and oxygen atoms in total. The smallest absolute Gasteiger partial charge is 0.339 e. The molecule has 1 atom stereocenters. The maximum atomic E-state index is 11.8. The minimum absolute atomic E-state index is 0.208. The van der Waals surface area contributed by atoms with Gasteiger partial charge in [0, 0.05) is 10.6 Å². The molecular weight excluding hydrogens is 294 g/mol. The molecule has 0 aliphatic heterocycles. The van der Waals surface area contributed by atoms with Gasteiger partial charge in [-0.15, -0.1) is 11.3 Å². The van der Waals surface area contributed by atoms with Crippen molar-refractivity contribution in [3.8, 4) is 0 Å². The predicted octanol–water partition coefficient (Wildman–Crippen LogP) is 4.29. The van der Waals surface area contributed by atoms with Crippen LogP contribution in [-0.4, -0.2) is 13.1 Å². The average molecular weight is 308 g/mol. The minimum atomic E-state index is -0.324. The number of anilines is 1. The van der Waals surface area contributed by atoms with E-state index in [1.807, 2.05) is 24.3 Å². The van der Waals surface area contributed by atoms with Crippen molar-refractivity contribution in [3.63, 3.8) is 0 Å². The molecule has 3 rings (SSSR count). The molecule has 1 heterocycles. The summed E-state index contributed by atoms with van der Waals surface area (Å²) in [4.78, 5) is 13.1. The summed E-state index contributed by atoms with van der Waals surface area (Å²) < 4.78 is 5.64. The predicted molar refractivity (Wildman–Crippen MR) is 81.8 cm³/mol. The second-order valence-electron chi connectivity index (χ2n) is 4.70. The Morgan fingerprint density at radius 3 is 3.05 bits per heavy atom. The first-order valence-corrected chi connectivity index (χ1v) is 7.60. The molecule has 0 radical (unpaired) electrons. The van der Waals surface area contributed by atoms with Crippen molar-refractivity contribution in [2.24, 2.45) is 0 Å². The molecule has 1 aliphatic carbocycles. The molecule has 1 N–H and O–H groups in total. The number of ether oxygens (including phenoxy) is 1. The first-order chi connectivity index (χ1) is 9.69. The number of rotatable bonds is 3. The van der Waals surface area contributed by atoms with E-state index >= 15 is 0 Å². The Morgan fingerprint density at radius 2 is 2.25 bits per heavy atom. The lowest BCUT2D eigenvalue weighted by atomic mass is 10.1. The van der Waals surface area contributed by atoms with E-state index in [1.165, 1.54) is 17.6 Å². The number of nitrogens with one attached hydrogen (secondary N) is 1. The number of benzene rings is 1. The van der Waals surface area contributed by atoms with Gasteiger partial charge in [0.15, 0.2) is 0 Å². The number of aryl methyl sites for hydroxylation is 1. The van der Waals surface area contributed by atoms with E-state index in [0.717, 1.165) is 22.9 Å². The van der Waals surface area contributed by atoms with Crippen LogP contribution in [0, 0.1) is 0 Å². The van der Waals surface area contributed by atoms with Crippen molar-refractivity contribution in [1.82, 2.24) is 0 Å². The van der Waals surface area contributed by atoms with E-state index in [-0.39, 0.29) is 12.0 Å². The van der Waals surface area contributed by atoms with Gasteiger partial charge in [0.2, 0.25) is 0 Å². The Hall–Kier alpha value is -1.52. The second-order valence-corrected chi connectivity index (χ2v) is 6.47. The molecule has 1 aromatic heterocycles. The third-order valence-corrected chi connectivity index (χ3v) is 4.85. The first kappa shape index (κ1) is 13.5. The average Bonchev–Trinajstić information content (AvgIpc) is 2.99. The molecular formula is C15H14ClNO2S. The molecule has 0 bridgehead atoms. The van der Waals surface area contributed by atoms with Crippen molar-refractivity contribution >= 4 is 34.6 Å². The second kappa shape index (κ2) is 5.46. The summed E-state index contributed by atoms with van der Waals surface area (Å²) in [6.45, 7) is 0. The van der Waals surface area contributed by atoms with Crippen LogP contribution in [0.4, 0.5) is 5.69 Å². The number of halogens is 1. The van der Waals surface area contributed by atoms with Gasteiger partial charge in [-0.3, -0.25) is 0 Å². The lowest BCUT2D eigenvalue weighted by molar-refractivity contribution is 0.0602. The molecule has 0 saturated heterocycles. The lowest BCUT2D eigenvalue weighted by Crippen LogP contribution is -2.11. The SMILES string of the molecule is COC(=O)c1ccccc1NC1CCc2sc(Cl)cc21. The van der Waals surface area contributed by atoms with Crippen LogP contribution in [-0.2, 0) is 11.2 Å². The number of hydrogen-bond donors (Lipinski definition) is 1. The molecule has 104 valence electrons. The maximum absolute atomic E-state index is 11.8. The molecule has 5 heteroatoms. The van der Waals surface area contributed by atoms with Crippen LogP contribution in [0.2, 0.25) is 4.34 Å². The zero-order chi connectivity index (χ0) is 14.1. The number of hydrogen-bond acceptors (Lipinski definition) is 4. The maximum Gasteiger partial charge on any atom is 0.339 e. The molecule has 0 fully saturated rings. The minimum Gasteiger partial charge on any atom is -0.465 e. The monoisotopic (exact) mass is 307 g/mol. The third kappa shape index (κ3) is 2.41. The summed E-state index contributed by atoms with van der Waals surface area (Å²) in [5.74, 6) is -0.324. The van der Waals surface area contributed by atoms with Crippen LogP contribution in [0.3, 0.4) is 0 Å². The number of fused-ring (bicyclic) bond motifs is 1. The van der Waals surface area contributed by atoms with Crippen molar-refractivity contribution < 1.29 is 9.53 Å². The summed E-state index contributed by atoms with van der Waals surface area (Å²) in [5, 5.41) is 3.44. The summed E-state index contributed by atoms with van der Waals surface area (Å²) in [6, 6.07) is 9.64. The highest BCUT2D eigenvalue weighted by Crippen LogP contribution is 2.41. The van der Waals surface area contributed by atoms with Crippen LogP contribution >= 0.6 is 22.9 Å². The molecule has 20 heavy (non-hydrogen) atoms. The van der Waals surface area contributed by atoms with Crippen molar-refractivity contribution in [1.29, 1.82) is 0 Å². The Kier molecular flexibility index (Phi) is 3.68. The topological polar surface area (TPSA) is 38.3 Å². The van der Waals surface area contributed by atoms with Crippen LogP contribution in [0.1, 0.15) is 33.3 Å². The van der Waals surface area contributed by atoms with Gasteiger partial charge in [0.1, 0.15) is 0 Å². The Bertz CT molecular complexity index is 653. The van der Waals surface area contributed by atoms with E-state index in [1.54, 1.807) is 17.4 Å². The highest BCUT2D eigenvalue weighted by molar-refractivity contribution is 7.16. The van der Waals surface area contributed by atoms with Gasteiger partial charge in [-0.1, -0.05) is 23.7 Å². The van der Waals surface area contributed by atoms with Gasteiger partial charge in [-0.05, 0) is 36.6 Å². The van der Waals surface area contributed by atoms with E-state index in [9.17, 15) is 4.79 Å². The van der Waals surface area contributed by atoms with E-state index < -0.39 is 0 Å². The van der Waals surface area contributed by atoms with Crippen molar-refractivity contribution in [3.05, 3.63) is 50.7 Å². The fourth-order valence-corrected chi connectivity index (χ4v) is 3.92. The zero-order valence-electron chi connectivity index (χ0n) is 11.0. The van der Waals surface area contributed by atoms with Crippen molar-refractivity contribution in [2.75, 3.05) is 12.4 Å². The first-order valence-electron chi connectivity index (χ1n) is 6.41. The highest BCUT2D eigenvalue weighted by atomic mass is 35.5. The van der Waals surface area contributed by atoms with Crippen LogP contribution in [0.15, 0.2) is 30.3 Å². The molecule has 0 saturated carbocycles. The Balaban J connectivity index is 1.88. The molecule has 1 aliphatic rings. The van der Waals surface area contributed by atoms with Gasteiger partial charge in [-0.25, -0.2) is 4.79 Å². The molecule has 1 aromatic carbocycles. The summed E-state index contributed by atoms with van der Waals surface area (Å²) in [6.07, 6.45) is 2.05. The van der Waals surface area contributed by atoms with Crippen LogP contribution < -0.4 is 5.32 Å². The fraction of sp³-hybridized carbons (Fsp3) is 0.267. The van der Waals surface area contributed by atoms with Crippen LogP contribution in [0.5, 0.6) is 0 Å². The van der Waals surface area contributed by atoms with Crippen LogP contribution in [0.25, 0.3) is 0 Å². The van der Waals surface area contributed by atoms with Gasteiger partial charge < -0.3 is 10.1 Å². The molecule has 0 spiro atoms. The van der Waals surface area contributed by atoms with E-state index in [2.05, 4.69) is 5.32 Å². The summed E-state index contributed by atoms with van der Waals surface area (Å²) >= 11 is 7.71. The summed E-state index contributed by atoms with van der Waals surface area (Å²) in [7, 11) is 1.39. The standard InChI is InChI=1S/C15H14ClNO2S/c1-19-15(18)9-4-2-3-5-11(9)17-12-6-7-13-10(12)8-14(16)20-13/h2-5,8,12,17H,6-7H2,1H3. The third-order valence-electron chi connectivity index (χ3n) is 3.51. The lowest BCUT2D eigenvalue weighted by Gasteiger charge is -2.16. The number of carbonyl (C=O) groups is 1. The van der Waals surface area contributed by atoms with Gasteiger partial charge in [0.25, 0.3) is 0 Å². The quantitative estimate of drug-likeness (QED) is 0.860. The number of carbonyl (C=O) groups excluding carboxylic acids is 1. The molecule has 0 amide bonds. The zero-order valence-corrected chi connectivity index (χ0v) is 12.6. The van der Waals surface area contributed by atoms with Gasteiger partial charge in [0.05, 0.1) is 23.1 Å². The number of thiophene rings is 1. The Labute approximate surface area is 126 Å². The Morgan fingerprint density at radius 1 is 1.45 bits per heavy atom. The molecule has 1 unspecified atom stereocenters. The van der Waals surface area contributed by atoms with Gasteiger partial charge in [-0.2, -0.15) is 0 Å². The number of para-hydroxylation sites is 1. The fourth-order valence-electron chi connectivity index (χ4n) is 2.56. The van der Waals surface area contributed by atoms with E-state index in [4.69, 9.17) is 16.3 Å². The molecule has 2 aromatic rings. The highest BCUT2D eigenvalue weighted by Gasteiger charge is 2.26. The number of esters is 1. The summed E-state index contributed by atoms with van der Waals surface area (Å²) in [5.41, 5.74) is 2.61.